The van der Waals surface area contributed by atoms with Crippen molar-refractivity contribution in [2.24, 2.45) is 5.73 Å². The minimum atomic E-state index is 0.390. The van der Waals surface area contributed by atoms with Gasteiger partial charge in [0.2, 0.25) is 0 Å². The van der Waals surface area contributed by atoms with Gasteiger partial charge in [0.05, 0.1) is 21.4 Å². The van der Waals surface area contributed by atoms with Crippen LogP contribution in [0.3, 0.4) is 0 Å². The zero-order valence-electron chi connectivity index (χ0n) is 24.3. The molecule has 0 saturated heterocycles. The second kappa shape index (κ2) is 9.91. The molecule has 3 nitrogen and oxygen atoms in total. The largest absolute Gasteiger partial charge is 0.398 e. The van der Waals surface area contributed by atoms with Gasteiger partial charge in [-0.15, -0.1) is 11.3 Å². The highest BCUT2D eigenvalue weighted by Crippen LogP contribution is 2.49. The maximum Gasteiger partial charge on any atom is 0.0726 e. The third kappa shape index (κ3) is 3.86. The number of nitrogens with one attached hydrogen (secondary N) is 1. The van der Waals surface area contributed by atoms with Gasteiger partial charge >= 0.3 is 0 Å². The summed E-state index contributed by atoms with van der Waals surface area (Å²) in [6, 6.07) is 49.0. The summed E-state index contributed by atoms with van der Waals surface area (Å²) in [7, 11) is 0. The summed E-state index contributed by atoms with van der Waals surface area (Å²) >= 11 is 1.87. The van der Waals surface area contributed by atoms with Crippen molar-refractivity contribution in [1.29, 1.82) is 5.41 Å². The standard InChI is InChI=1S/C41H27N3S/c42-33(26-12-2-1-3-13-26)24-34(43)27-14-10-15-28(23-27)44-35-19-8-6-17-30(35)38-32-22-21-25-11-4-5-16-29(25)37(32)39-31-18-7-9-20-36(31)45-41(39)40(38)44/h1-24,42H,43H2/b34-24-,42-33?. The summed E-state index contributed by atoms with van der Waals surface area (Å²) in [4.78, 5) is 0. The van der Waals surface area contributed by atoms with Crippen LogP contribution in [0.15, 0.2) is 146 Å². The van der Waals surface area contributed by atoms with E-state index < -0.39 is 0 Å². The fraction of sp³-hybridized carbons (Fsp3) is 0. The highest BCUT2D eigenvalue weighted by molar-refractivity contribution is 7.27. The number of nitrogens with zero attached hydrogens (tertiary/aromatic N) is 1. The summed E-state index contributed by atoms with van der Waals surface area (Å²) in [5.74, 6) is 0. The number of aromatic nitrogens is 1. The van der Waals surface area contributed by atoms with Gasteiger partial charge in [-0.1, -0.05) is 115 Å². The lowest BCUT2D eigenvalue weighted by atomic mass is 9.94. The highest BCUT2D eigenvalue weighted by atomic mass is 32.1. The van der Waals surface area contributed by atoms with Crippen molar-refractivity contribution in [1.82, 2.24) is 4.57 Å². The molecule has 7 aromatic carbocycles. The summed E-state index contributed by atoms with van der Waals surface area (Å²) in [6.45, 7) is 0. The van der Waals surface area contributed by atoms with E-state index in [2.05, 4.69) is 108 Å². The maximum absolute atomic E-state index is 8.64. The van der Waals surface area contributed by atoms with Crippen molar-refractivity contribution in [2.45, 2.75) is 0 Å². The lowest BCUT2D eigenvalue weighted by Gasteiger charge is -2.13. The van der Waals surface area contributed by atoms with Gasteiger partial charge in [0.1, 0.15) is 0 Å². The van der Waals surface area contributed by atoms with Gasteiger partial charge in [0.15, 0.2) is 0 Å². The Balaban J connectivity index is 1.40. The number of hydrogen-bond donors (Lipinski definition) is 2. The van der Waals surface area contributed by atoms with Crippen LogP contribution in [0.25, 0.3) is 74.9 Å². The van der Waals surface area contributed by atoms with E-state index in [1.54, 1.807) is 6.08 Å². The number of thiophene rings is 1. The van der Waals surface area contributed by atoms with Gasteiger partial charge in [-0.05, 0) is 63.0 Å². The second-order valence-corrected chi connectivity index (χ2v) is 12.6. The number of hydrogen-bond acceptors (Lipinski definition) is 3. The highest BCUT2D eigenvalue weighted by Gasteiger charge is 2.22. The zero-order chi connectivity index (χ0) is 30.1. The minimum absolute atomic E-state index is 0.390. The van der Waals surface area contributed by atoms with Crippen LogP contribution < -0.4 is 5.73 Å². The number of nitrogens with two attached hydrogens (primary N) is 1. The number of fused-ring (bicyclic) bond motifs is 12. The molecule has 0 bridgehead atoms. The number of rotatable bonds is 4. The van der Waals surface area contributed by atoms with Crippen molar-refractivity contribution in [3.8, 4) is 5.69 Å². The topological polar surface area (TPSA) is 54.8 Å². The number of allylic oxidation sites excluding steroid dienone is 1. The molecule has 2 heterocycles. The number of benzene rings is 7. The smallest absolute Gasteiger partial charge is 0.0726 e. The van der Waals surface area contributed by atoms with Crippen molar-refractivity contribution >= 4 is 86.3 Å². The van der Waals surface area contributed by atoms with Gasteiger partial charge in [0, 0.05) is 37.6 Å². The predicted octanol–water partition coefficient (Wildman–Crippen LogP) is 10.8. The van der Waals surface area contributed by atoms with E-state index in [0.717, 1.165) is 22.3 Å². The molecule has 0 radical (unpaired) electrons. The van der Waals surface area contributed by atoms with Gasteiger partial charge in [-0.2, -0.15) is 0 Å². The van der Waals surface area contributed by atoms with E-state index in [0.29, 0.717) is 11.4 Å². The first kappa shape index (κ1) is 25.8. The van der Waals surface area contributed by atoms with Gasteiger partial charge < -0.3 is 15.7 Å². The van der Waals surface area contributed by atoms with E-state index in [4.69, 9.17) is 11.1 Å². The van der Waals surface area contributed by atoms with Crippen molar-refractivity contribution in [3.63, 3.8) is 0 Å². The summed E-state index contributed by atoms with van der Waals surface area (Å²) in [6.07, 6.45) is 1.75. The molecular formula is C41H27N3S. The Morgan fingerprint density at radius 3 is 2.18 bits per heavy atom. The maximum atomic E-state index is 8.64. The van der Waals surface area contributed by atoms with Crippen LogP contribution in [0.2, 0.25) is 0 Å². The normalized spacial score (nSPS) is 12.3. The molecule has 0 aliphatic carbocycles. The predicted molar refractivity (Wildman–Crippen MR) is 194 cm³/mol. The molecule has 2 aromatic heterocycles. The first-order valence-corrected chi connectivity index (χ1v) is 15.9. The molecule has 0 atom stereocenters. The second-order valence-electron chi connectivity index (χ2n) is 11.5. The molecular weight excluding hydrogens is 567 g/mol. The average molecular weight is 594 g/mol. The quantitative estimate of drug-likeness (QED) is 0.155. The van der Waals surface area contributed by atoms with E-state index in [1.165, 1.54) is 58.0 Å². The summed E-state index contributed by atoms with van der Waals surface area (Å²) in [5, 5.41) is 18.8. The zero-order valence-corrected chi connectivity index (χ0v) is 25.1. The molecule has 0 spiro atoms. The van der Waals surface area contributed by atoms with Crippen LogP contribution in [-0.4, -0.2) is 10.3 Å². The van der Waals surface area contributed by atoms with Gasteiger partial charge in [-0.25, -0.2) is 0 Å². The molecule has 0 aliphatic rings. The van der Waals surface area contributed by atoms with Crippen molar-refractivity contribution in [2.75, 3.05) is 0 Å². The Hall–Kier alpha value is -5.71. The average Bonchev–Trinajstić information content (AvgIpc) is 3.65. The van der Waals surface area contributed by atoms with Crippen molar-refractivity contribution in [3.05, 3.63) is 157 Å². The Bertz CT molecular complexity index is 2670. The van der Waals surface area contributed by atoms with E-state index in [-0.39, 0.29) is 0 Å². The minimum Gasteiger partial charge on any atom is -0.398 e. The summed E-state index contributed by atoms with van der Waals surface area (Å²) in [5.41, 5.74) is 12.8. The lowest BCUT2D eigenvalue weighted by Crippen LogP contribution is -2.03. The molecule has 4 heteroatoms. The third-order valence-corrected chi connectivity index (χ3v) is 10.1. The molecule has 0 amide bonds. The fourth-order valence-electron chi connectivity index (χ4n) is 6.97. The Labute approximate surface area is 263 Å². The molecule has 0 fully saturated rings. The van der Waals surface area contributed by atoms with Crippen LogP contribution in [0.5, 0.6) is 0 Å². The van der Waals surface area contributed by atoms with Crippen LogP contribution in [0, 0.1) is 5.41 Å². The molecule has 0 saturated carbocycles. The molecule has 45 heavy (non-hydrogen) atoms. The number of para-hydroxylation sites is 1. The van der Waals surface area contributed by atoms with E-state index in [9.17, 15) is 0 Å². The van der Waals surface area contributed by atoms with Crippen LogP contribution >= 0.6 is 11.3 Å². The molecule has 0 aliphatic heterocycles. The summed E-state index contributed by atoms with van der Waals surface area (Å²) < 4.78 is 4.98. The van der Waals surface area contributed by atoms with Crippen LogP contribution in [-0.2, 0) is 0 Å². The molecule has 0 unspecified atom stereocenters. The Morgan fingerprint density at radius 1 is 0.600 bits per heavy atom. The monoisotopic (exact) mass is 593 g/mol. The lowest BCUT2D eigenvalue weighted by molar-refractivity contribution is 1.18. The van der Waals surface area contributed by atoms with E-state index >= 15 is 0 Å². The molecule has 9 aromatic rings. The Kier molecular flexibility index (Phi) is 5.67. The molecule has 9 rings (SSSR count). The fourth-order valence-corrected chi connectivity index (χ4v) is 8.22. The molecule has 3 N–H and O–H groups in total. The Morgan fingerprint density at radius 2 is 1.31 bits per heavy atom. The van der Waals surface area contributed by atoms with Gasteiger partial charge in [0.25, 0.3) is 0 Å². The van der Waals surface area contributed by atoms with Gasteiger partial charge in [-0.3, -0.25) is 0 Å². The van der Waals surface area contributed by atoms with E-state index in [1.807, 2.05) is 47.7 Å². The first-order chi connectivity index (χ1) is 22.2. The third-order valence-electron chi connectivity index (χ3n) is 8.96. The first-order valence-electron chi connectivity index (χ1n) is 15.1. The van der Waals surface area contributed by atoms with Crippen molar-refractivity contribution < 1.29 is 0 Å². The van der Waals surface area contributed by atoms with Crippen LogP contribution in [0.4, 0.5) is 0 Å². The van der Waals surface area contributed by atoms with Crippen LogP contribution in [0.1, 0.15) is 11.1 Å². The SMILES string of the molecule is N=C(/C=C(\N)c1cccc(-n2c3ccccc3c3c4ccc5ccccc5c4c4c5ccccc5sc4c32)c1)c1ccccc1. The molecule has 212 valence electrons.